The number of fused-ring (bicyclic) bond motifs is 1. The summed E-state index contributed by atoms with van der Waals surface area (Å²) in [5.41, 5.74) is 0.933. The third kappa shape index (κ3) is 1.71. The molecule has 2 rings (SSSR count). The van der Waals surface area contributed by atoms with Crippen molar-refractivity contribution in [3.63, 3.8) is 0 Å². The molecule has 3 nitrogen and oxygen atoms in total. The molecular weight excluding hydrogens is 200 g/mol. The van der Waals surface area contributed by atoms with Crippen molar-refractivity contribution >= 4 is 10.1 Å². The Morgan fingerprint density at radius 1 is 1.43 bits per heavy atom. The van der Waals surface area contributed by atoms with Gasteiger partial charge in [0.25, 0.3) is 10.1 Å². The van der Waals surface area contributed by atoms with Crippen molar-refractivity contribution in [3.8, 4) is 0 Å². The Morgan fingerprint density at radius 3 is 2.93 bits per heavy atom. The van der Waals surface area contributed by atoms with Crippen molar-refractivity contribution in [1.29, 1.82) is 0 Å². The third-order valence-electron chi connectivity index (χ3n) is 2.34. The Morgan fingerprint density at radius 2 is 2.21 bits per heavy atom. The number of allylic oxidation sites excluding steroid dienone is 7. The lowest BCUT2D eigenvalue weighted by Gasteiger charge is -2.19. The summed E-state index contributed by atoms with van der Waals surface area (Å²) in [6, 6.07) is 0. The van der Waals surface area contributed by atoms with Crippen molar-refractivity contribution < 1.29 is 13.0 Å². The fourth-order valence-corrected chi connectivity index (χ4v) is 2.13. The van der Waals surface area contributed by atoms with Gasteiger partial charge in [-0.1, -0.05) is 24.3 Å². The molecule has 1 atom stereocenters. The Bertz CT molecular complexity index is 464. The summed E-state index contributed by atoms with van der Waals surface area (Å²) >= 11 is 0. The quantitative estimate of drug-likeness (QED) is 0.672. The van der Waals surface area contributed by atoms with Gasteiger partial charge in [0.1, 0.15) is 0 Å². The highest BCUT2D eigenvalue weighted by atomic mass is 32.2. The number of hydrogen-bond donors (Lipinski definition) is 1. The minimum Gasteiger partial charge on any atom is -0.282 e. The Balaban J connectivity index is 2.42. The fourth-order valence-electron chi connectivity index (χ4n) is 1.59. The van der Waals surface area contributed by atoms with E-state index >= 15 is 0 Å². The maximum Gasteiger partial charge on any atom is 0.294 e. The number of hydrogen-bond acceptors (Lipinski definition) is 2. The predicted molar refractivity (Wildman–Crippen MR) is 54.1 cm³/mol. The van der Waals surface area contributed by atoms with E-state index in [9.17, 15) is 8.42 Å². The molecule has 0 bridgehead atoms. The zero-order chi connectivity index (χ0) is 10.2. The van der Waals surface area contributed by atoms with Crippen LogP contribution in [-0.4, -0.2) is 13.0 Å². The molecule has 0 saturated heterocycles. The topological polar surface area (TPSA) is 54.4 Å². The summed E-state index contributed by atoms with van der Waals surface area (Å²) in [7, 11) is -4.07. The smallest absolute Gasteiger partial charge is 0.282 e. The van der Waals surface area contributed by atoms with Gasteiger partial charge in [0.05, 0.1) is 4.91 Å². The maximum atomic E-state index is 10.9. The van der Waals surface area contributed by atoms with E-state index < -0.39 is 10.1 Å². The van der Waals surface area contributed by atoms with Gasteiger partial charge >= 0.3 is 0 Å². The molecule has 74 valence electrons. The highest BCUT2D eigenvalue weighted by Crippen LogP contribution is 2.29. The highest BCUT2D eigenvalue weighted by molar-refractivity contribution is 7.90. The fraction of sp³-hybridized carbons (Fsp3) is 0.200. The van der Waals surface area contributed by atoms with Crippen LogP contribution in [0.2, 0.25) is 0 Å². The van der Waals surface area contributed by atoms with Gasteiger partial charge in [0.15, 0.2) is 0 Å². The van der Waals surface area contributed by atoms with Crippen molar-refractivity contribution in [2.45, 2.75) is 6.42 Å². The molecule has 2 aliphatic carbocycles. The zero-order valence-corrected chi connectivity index (χ0v) is 8.24. The van der Waals surface area contributed by atoms with E-state index in [0.717, 1.165) is 12.0 Å². The average Bonchev–Trinajstić information content (AvgIpc) is 2.16. The summed E-state index contributed by atoms with van der Waals surface area (Å²) < 4.78 is 30.5. The van der Waals surface area contributed by atoms with Crippen LogP contribution in [0.1, 0.15) is 6.42 Å². The molecule has 1 unspecified atom stereocenters. The van der Waals surface area contributed by atoms with E-state index in [4.69, 9.17) is 4.55 Å². The van der Waals surface area contributed by atoms with Crippen LogP contribution in [0.3, 0.4) is 0 Å². The summed E-state index contributed by atoms with van der Waals surface area (Å²) in [6.07, 6.45) is 11.5. The molecule has 0 amide bonds. The van der Waals surface area contributed by atoms with Gasteiger partial charge in [0.2, 0.25) is 0 Å². The summed E-state index contributed by atoms with van der Waals surface area (Å²) in [6.45, 7) is 0. The van der Waals surface area contributed by atoms with Crippen LogP contribution in [0.25, 0.3) is 0 Å². The molecule has 0 heterocycles. The monoisotopic (exact) mass is 210 g/mol. The second-order valence-electron chi connectivity index (χ2n) is 3.32. The van der Waals surface area contributed by atoms with Crippen LogP contribution in [0.15, 0.2) is 46.9 Å². The molecule has 0 aromatic carbocycles. The van der Waals surface area contributed by atoms with Gasteiger partial charge in [0, 0.05) is 5.92 Å². The normalized spacial score (nSPS) is 25.4. The maximum absolute atomic E-state index is 10.9. The summed E-state index contributed by atoms with van der Waals surface area (Å²) in [4.78, 5) is -0.0321. The van der Waals surface area contributed by atoms with E-state index in [-0.39, 0.29) is 10.8 Å². The van der Waals surface area contributed by atoms with Gasteiger partial charge < -0.3 is 0 Å². The van der Waals surface area contributed by atoms with Crippen LogP contribution < -0.4 is 0 Å². The lowest BCUT2D eigenvalue weighted by molar-refractivity contribution is 0.492. The Hall–Kier alpha value is -1.13. The second kappa shape index (κ2) is 3.22. The first-order valence-corrected chi connectivity index (χ1v) is 5.75. The largest absolute Gasteiger partial charge is 0.294 e. The molecule has 0 aromatic heterocycles. The van der Waals surface area contributed by atoms with E-state index in [1.54, 1.807) is 6.08 Å². The van der Waals surface area contributed by atoms with Crippen molar-refractivity contribution in [1.82, 2.24) is 0 Å². The minimum atomic E-state index is -4.07. The molecule has 14 heavy (non-hydrogen) atoms. The first-order chi connectivity index (χ1) is 6.57. The molecule has 0 saturated carbocycles. The van der Waals surface area contributed by atoms with E-state index in [2.05, 4.69) is 0 Å². The first-order valence-electron chi connectivity index (χ1n) is 4.31. The van der Waals surface area contributed by atoms with E-state index in [1.807, 2.05) is 18.2 Å². The standard InChI is InChI=1S/C10H10O3S/c11-14(12,13)10-6-5-8-3-1-2-4-9(8)7-10/h1-2,4-8H,3H2,(H,11,12,13). The highest BCUT2D eigenvalue weighted by Gasteiger charge is 2.20. The summed E-state index contributed by atoms with van der Waals surface area (Å²) in [5, 5.41) is 0. The molecule has 1 N–H and O–H groups in total. The number of rotatable bonds is 1. The van der Waals surface area contributed by atoms with Gasteiger partial charge in [-0.3, -0.25) is 4.55 Å². The molecule has 0 fully saturated rings. The lowest BCUT2D eigenvalue weighted by Crippen LogP contribution is -2.09. The Kier molecular flexibility index (Phi) is 2.17. The Labute approximate surface area is 82.9 Å². The van der Waals surface area contributed by atoms with Gasteiger partial charge in [-0.25, -0.2) is 0 Å². The van der Waals surface area contributed by atoms with Crippen LogP contribution in [0, 0.1) is 5.92 Å². The van der Waals surface area contributed by atoms with Crippen LogP contribution in [0.5, 0.6) is 0 Å². The zero-order valence-electron chi connectivity index (χ0n) is 7.42. The van der Waals surface area contributed by atoms with Crippen LogP contribution in [0.4, 0.5) is 0 Å². The predicted octanol–water partition coefficient (Wildman–Crippen LogP) is 1.83. The van der Waals surface area contributed by atoms with Crippen molar-refractivity contribution in [2.75, 3.05) is 0 Å². The average molecular weight is 210 g/mol. The lowest BCUT2D eigenvalue weighted by atomic mass is 9.88. The molecule has 2 aliphatic rings. The summed E-state index contributed by atoms with van der Waals surface area (Å²) in [5.74, 6) is 0.255. The van der Waals surface area contributed by atoms with Gasteiger partial charge in [-0.15, -0.1) is 0 Å². The van der Waals surface area contributed by atoms with Gasteiger partial charge in [-0.2, -0.15) is 8.42 Å². The van der Waals surface area contributed by atoms with E-state index in [1.165, 1.54) is 12.2 Å². The molecule has 0 aromatic rings. The van der Waals surface area contributed by atoms with Gasteiger partial charge in [-0.05, 0) is 24.1 Å². The van der Waals surface area contributed by atoms with Crippen molar-refractivity contribution in [2.24, 2.45) is 5.92 Å². The minimum absolute atomic E-state index is 0.0321. The molecule has 4 heteroatoms. The first kappa shape index (κ1) is 9.43. The second-order valence-corrected chi connectivity index (χ2v) is 4.74. The van der Waals surface area contributed by atoms with E-state index in [0.29, 0.717) is 0 Å². The molecule has 0 aliphatic heterocycles. The van der Waals surface area contributed by atoms with Crippen LogP contribution >= 0.6 is 0 Å². The van der Waals surface area contributed by atoms with Crippen LogP contribution in [-0.2, 0) is 10.1 Å². The third-order valence-corrected chi connectivity index (χ3v) is 3.19. The molecular formula is C10H10O3S. The molecule has 0 radical (unpaired) electrons. The van der Waals surface area contributed by atoms with Crippen molar-refractivity contribution in [3.05, 3.63) is 46.9 Å². The molecule has 0 spiro atoms. The SMILES string of the molecule is O=S(=O)(O)C1=CC2=CC=CCC2C=C1.